The van der Waals surface area contributed by atoms with Crippen LogP contribution in [0.5, 0.6) is 0 Å². The maximum absolute atomic E-state index is 12.2. The Morgan fingerprint density at radius 2 is 2.16 bits per heavy atom. The number of nitrogens with zero attached hydrogens (tertiary/aromatic N) is 1. The van der Waals surface area contributed by atoms with E-state index < -0.39 is 0 Å². The van der Waals surface area contributed by atoms with Gasteiger partial charge in [-0.05, 0) is 18.1 Å². The van der Waals surface area contributed by atoms with Crippen LogP contribution in [-0.2, 0) is 0 Å². The van der Waals surface area contributed by atoms with E-state index in [1.54, 1.807) is 0 Å². The summed E-state index contributed by atoms with van der Waals surface area (Å²) in [7, 11) is 0. The monoisotopic (exact) mass is 252 g/mol. The molecular formula is C16H16N2O. The number of rotatable bonds is 3. The lowest BCUT2D eigenvalue weighted by atomic mass is 10.0. The van der Waals surface area contributed by atoms with Gasteiger partial charge in [0.05, 0.1) is 17.6 Å². The molecule has 0 aliphatic rings. The van der Waals surface area contributed by atoms with Gasteiger partial charge in [0.1, 0.15) is 0 Å². The first kappa shape index (κ1) is 13.1. The molecule has 2 aromatic rings. The minimum absolute atomic E-state index is 0.154. The zero-order valence-electron chi connectivity index (χ0n) is 11.1. The van der Waals surface area contributed by atoms with Crippen LogP contribution in [0.3, 0.4) is 0 Å². The zero-order chi connectivity index (χ0) is 13.8. The molecule has 19 heavy (non-hydrogen) atoms. The SMILES string of the molecule is C#CCNC(=O)c1cc(C(C)C)nc2ccccc12. The summed E-state index contributed by atoms with van der Waals surface area (Å²) in [6, 6.07) is 9.48. The number of carbonyl (C=O) groups is 1. The van der Waals surface area contributed by atoms with Gasteiger partial charge in [0.15, 0.2) is 0 Å². The third kappa shape index (κ3) is 2.74. The molecule has 1 amide bonds. The van der Waals surface area contributed by atoms with Crippen molar-refractivity contribution in [1.29, 1.82) is 0 Å². The molecule has 0 atom stereocenters. The Labute approximate surface area is 113 Å². The number of fused-ring (bicyclic) bond motifs is 1. The van der Waals surface area contributed by atoms with Crippen molar-refractivity contribution in [1.82, 2.24) is 10.3 Å². The van der Waals surface area contributed by atoms with Gasteiger partial charge in [0.2, 0.25) is 0 Å². The average Bonchev–Trinajstić information content (AvgIpc) is 2.43. The number of benzene rings is 1. The molecule has 96 valence electrons. The third-order valence-electron chi connectivity index (χ3n) is 2.92. The molecule has 1 N–H and O–H groups in total. The molecule has 3 nitrogen and oxygen atoms in total. The van der Waals surface area contributed by atoms with Crippen molar-refractivity contribution in [3.8, 4) is 12.3 Å². The Morgan fingerprint density at radius 1 is 1.42 bits per heavy atom. The van der Waals surface area contributed by atoms with Crippen LogP contribution in [-0.4, -0.2) is 17.4 Å². The minimum atomic E-state index is -0.154. The van der Waals surface area contributed by atoms with Crippen LogP contribution < -0.4 is 5.32 Å². The zero-order valence-corrected chi connectivity index (χ0v) is 11.1. The molecular weight excluding hydrogens is 236 g/mol. The van der Waals surface area contributed by atoms with Gasteiger partial charge < -0.3 is 5.32 Å². The van der Waals surface area contributed by atoms with Crippen LogP contribution in [0.15, 0.2) is 30.3 Å². The molecule has 0 saturated carbocycles. The quantitative estimate of drug-likeness (QED) is 0.853. The summed E-state index contributed by atoms with van der Waals surface area (Å²) in [6.07, 6.45) is 5.17. The van der Waals surface area contributed by atoms with E-state index in [9.17, 15) is 4.79 Å². The van der Waals surface area contributed by atoms with Crippen molar-refractivity contribution >= 4 is 16.8 Å². The summed E-state index contributed by atoms with van der Waals surface area (Å²) in [5.41, 5.74) is 2.37. The standard InChI is InChI=1S/C16H16N2O/c1-4-9-17-16(19)13-10-15(11(2)3)18-14-8-6-5-7-12(13)14/h1,5-8,10-11H,9H2,2-3H3,(H,17,19). The smallest absolute Gasteiger partial charge is 0.252 e. The Balaban J connectivity index is 2.57. The molecule has 0 aliphatic carbocycles. The summed E-state index contributed by atoms with van der Waals surface area (Å²) in [5.74, 6) is 2.52. The third-order valence-corrected chi connectivity index (χ3v) is 2.92. The lowest BCUT2D eigenvalue weighted by Gasteiger charge is -2.11. The molecule has 3 heteroatoms. The topological polar surface area (TPSA) is 42.0 Å². The number of hydrogen-bond acceptors (Lipinski definition) is 2. The second-order valence-electron chi connectivity index (χ2n) is 4.65. The second-order valence-corrected chi connectivity index (χ2v) is 4.65. The fourth-order valence-corrected chi connectivity index (χ4v) is 1.91. The maximum atomic E-state index is 12.2. The van der Waals surface area contributed by atoms with Crippen molar-refractivity contribution in [2.75, 3.05) is 6.54 Å². The Morgan fingerprint density at radius 3 is 2.84 bits per heavy atom. The summed E-state index contributed by atoms with van der Waals surface area (Å²) >= 11 is 0. The molecule has 0 radical (unpaired) electrons. The minimum Gasteiger partial charge on any atom is -0.341 e. The fraction of sp³-hybridized carbons (Fsp3) is 0.250. The predicted octanol–water partition coefficient (Wildman–Crippen LogP) is 2.72. The largest absolute Gasteiger partial charge is 0.341 e. The average molecular weight is 252 g/mol. The van der Waals surface area contributed by atoms with E-state index in [1.165, 1.54) is 0 Å². The van der Waals surface area contributed by atoms with Crippen molar-refractivity contribution < 1.29 is 4.79 Å². The number of carbonyl (C=O) groups excluding carboxylic acids is 1. The van der Waals surface area contributed by atoms with Crippen LogP contribution in [0.1, 0.15) is 35.8 Å². The van der Waals surface area contributed by atoms with E-state index in [1.807, 2.05) is 30.3 Å². The van der Waals surface area contributed by atoms with Gasteiger partial charge in [-0.15, -0.1) is 6.42 Å². The van der Waals surface area contributed by atoms with Gasteiger partial charge >= 0.3 is 0 Å². The van der Waals surface area contributed by atoms with Crippen LogP contribution in [0, 0.1) is 12.3 Å². The molecule has 1 aromatic carbocycles. The normalized spacial score (nSPS) is 10.4. The highest BCUT2D eigenvalue weighted by atomic mass is 16.1. The molecule has 0 spiro atoms. The molecule has 0 unspecified atom stereocenters. The van der Waals surface area contributed by atoms with Gasteiger partial charge in [0, 0.05) is 11.1 Å². The summed E-state index contributed by atoms with van der Waals surface area (Å²) in [5, 5.41) is 3.55. The number of nitrogens with one attached hydrogen (secondary N) is 1. The Hall–Kier alpha value is -2.34. The maximum Gasteiger partial charge on any atom is 0.252 e. The van der Waals surface area contributed by atoms with E-state index in [4.69, 9.17) is 6.42 Å². The van der Waals surface area contributed by atoms with Crippen molar-refractivity contribution in [3.05, 3.63) is 41.6 Å². The molecule has 1 heterocycles. The van der Waals surface area contributed by atoms with E-state index in [0.29, 0.717) is 5.56 Å². The first-order valence-corrected chi connectivity index (χ1v) is 6.25. The summed E-state index contributed by atoms with van der Waals surface area (Å²) in [6.45, 7) is 4.34. The molecule has 0 fully saturated rings. The van der Waals surface area contributed by atoms with Gasteiger partial charge in [-0.25, -0.2) is 0 Å². The van der Waals surface area contributed by atoms with E-state index in [-0.39, 0.29) is 18.4 Å². The van der Waals surface area contributed by atoms with Gasteiger partial charge in [-0.1, -0.05) is 38.0 Å². The highest BCUT2D eigenvalue weighted by Crippen LogP contribution is 2.22. The highest BCUT2D eigenvalue weighted by molar-refractivity contribution is 6.06. The van der Waals surface area contributed by atoms with Crippen LogP contribution in [0.25, 0.3) is 10.9 Å². The Kier molecular flexibility index (Phi) is 3.82. The molecule has 0 aliphatic heterocycles. The molecule has 0 bridgehead atoms. The van der Waals surface area contributed by atoms with Crippen LogP contribution >= 0.6 is 0 Å². The van der Waals surface area contributed by atoms with Crippen LogP contribution in [0.4, 0.5) is 0 Å². The number of aromatic nitrogens is 1. The van der Waals surface area contributed by atoms with Gasteiger partial charge in [-0.3, -0.25) is 9.78 Å². The molecule has 2 rings (SSSR count). The molecule has 0 saturated heterocycles. The summed E-state index contributed by atoms with van der Waals surface area (Å²) < 4.78 is 0. The lowest BCUT2D eigenvalue weighted by Crippen LogP contribution is -2.24. The number of hydrogen-bond donors (Lipinski definition) is 1. The van der Waals surface area contributed by atoms with Crippen molar-refractivity contribution in [2.45, 2.75) is 19.8 Å². The number of para-hydroxylation sites is 1. The first-order chi connectivity index (χ1) is 9.13. The van der Waals surface area contributed by atoms with Gasteiger partial charge in [-0.2, -0.15) is 0 Å². The highest BCUT2D eigenvalue weighted by Gasteiger charge is 2.13. The number of terminal acetylenes is 1. The Bertz CT molecular complexity index is 653. The van der Waals surface area contributed by atoms with Crippen molar-refractivity contribution in [3.63, 3.8) is 0 Å². The van der Waals surface area contributed by atoms with E-state index >= 15 is 0 Å². The molecule has 1 aromatic heterocycles. The van der Waals surface area contributed by atoms with Gasteiger partial charge in [0.25, 0.3) is 5.91 Å². The summed E-state index contributed by atoms with van der Waals surface area (Å²) in [4.78, 5) is 16.7. The van der Waals surface area contributed by atoms with E-state index in [0.717, 1.165) is 16.6 Å². The van der Waals surface area contributed by atoms with Crippen molar-refractivity contribution in [2.24, 2.45) is 0 Å². The predicted molar refractivity (Wildman–Crippen MR) is 77.0 cm³/mol. The lowest BCUT2D eigenvalue weighted by molar-refractivity contribution is 0.0960. The van der Waals surface area contributed by atoms with E-state index in [2.05, 4.69) is 30.1 Å². The second kappa shape index (κ2) is 5.53. The first-order valence-electron chi connectivity index (χ1n) is 6.25. The number of pyridine rings is 1. The van der Waals surface area contributed by atoms with Crippen LogP contribution in [0.2, 0.25) is 0 Å². The number of amides is 1. The fourth-order valence-electron chi connectivity index (χ4n) is 1.91.